The van der Waals surface area contributed by atoms with Crippen molar-refractivity contribution in [2.75, 3.05) is 17.7 Å². The van der Waals surface area contributed by atoms with Crippen LogP contribution in [0, 0.1) is 0 Å². The van der Waals surface area contributed by atoms with Crippen LogP contribution in [0.3, 0.4) is 0 Å². The average molecular weight is 261 g/mol. The Hall–Kier alpha value is -1.71. The Balaban J connectivity index is 2.32. The third kappa shape index (κ3) is 2.53. The van der Waals surface area contributed by atoms with Crippen LogP contribution in [0.5, 0.6) is 0 Å². The number of anilines is 2. The molecule has 104 valence electrons. The van der Waals surface area contributed by atoms with Crippen LogP contribution in [0.1, 0.15) is 43.5 Å². The van der Waals surface area contributed by atoms with Gasteiger partial charge in [0.1, 0.15) is 0 Å². The fourth-order valence-electron chi connectivity index (χ4n) is 2.98. The van der Waals surface area contributed by atoms with Gasteiger partial charge in [-0.15, -0.1) is 0 Å². The molecule has 0 spiro atoms. The van der Waals surface area contributed by atoms with E-state index >= 15 is 0 Å². The predicted octanol–water partition coefficient (Wildman–Crippen LogP) is 2.40. The molecule has 0 bridgehead atoms. The second-order valence-electron chi connectivity index (χ2n) is 5.25. The Labute approximate surface area is 115 Å². The van der Waals surface area contributed by atoms with Gasteiger partial charge in [0.05, 0.1) is 11.4 Å². The van der Waals surface area contributed by atoms with Crippen LogP contribution in [-0.2, 0) is 0 Å². The molecule has 2 atom stereocenters. The van der Waals surface area contributed by atoms with Crippen molar-refractivity contribution >= 4 is 17.3 Å². The second-order valence-corrected chi connectivity index (χ2v) is 5.25. The van der Waals surface area contributed by atoms with Gasteiger partial charge in [-0.3, -0.25) is 4.79 Å². The molecule has 0 aromatic heterocycles. The van der Waals surface area contributed by atoms with E-state index in [1.165, 1.54) is 12.8 Å². The molecular weight excluding hydrogens is 238 g/mol. The lowest BCUT2D eigenvalue weighted by atomic mass is 10.1. The predicted molar refractivity (Wildman–Crippen MR) is 79.5 cm³/mol. The third-order valence-electron chi connectivity index (χ3n) is 4.05. The van der Waals surface area contributed by atoms with Gasteiger partial charge in [0.25, 0.3) is 5.91 Å². The van der Waals surface area contributed by atoms with Crippen molar-refractivity contribution in [3.05, 3.63) is 23.8 Å². The summed E-state index contributed by atoms with van der Waals surface area (Å²) in [6.45, 7) is 4.45. The van der Waals surface area contributed by atoms with Gasteiger partial charge in [-0.1, -0.05) is 6.92 Å². The molecule has 1 aliphatic heterocycles. The third-order valence-corrected chi connectivity index (χ3v) is 4.05. The highest BCUT2D eigenvalue weighted by molar-refractivity contribution is 5.96. The fraction of sp³-hybridized carbons (Fsp3) is 0.533. The van der Waals surface area contributed by atoms with Gasteiger partial charge in [-0.2, -0.15) is 0 Å². The van der Waals surface area contributed by atoms with Crippen molar-refractivity contribution in [1.82, 2.24) is 5.32 Å². The van der Waals surface area contributed by atoms with Gasteiger partial charge in [0, 0.05) is 24.7 Å². The first-order chi connectivity index (χ1) is 9.08. The van der Waals surface area contributed by atoms with Crippen LogP contribution in [-0.4, -0.2) is 25.0 Å². The molecular formula is C15H23N3O. The minimum Gasteiger partial charge on any atom is -0.397 e. The van der Waals surface area contributed by atoms with E-state index in [0.717, 1.165) is 12.1 Å². The highest BCUT2D eigenvalue weighted by Gasteiger charge is 2.30. The molecule has 2 rings (SSSR count). The van der Waals surface area contributed by atoms with Gasteiger partial charge in [-0.25, -0.2) is 0 Å². The molecule has 0 saturated carbocycles. The Morgan fingerprint density at radius 3 is 2.79 bits per heavy atom. The smallest absolute Gasteiger partial charge is 0.251 e. The Morgan fingerprint density at radius 2 is 2.21 bits per heavy atom. The number of nitrogens with two attached hydrogens (primary N) is 1. The number of rotatable bonds is 3. The zero-order valence-corrected chi connectivity index (χ0v) is 11.9. The Morgan fingerprint density at radius 1 is 1.47 bits per heavy atom. The topological polar surface area (TPSA) is 58.4 Å². The highest BCUT2D eigenvalue weighted by atomic mass is 16.1. The quantitative estimate of drug-likeness (QED) is 0.821. The first-order valence-corrected chi connectivity index (χ1v) is 6.98. The van der Waals surface area contributed by atoms with E-state index in [0.29, 0.717) is 23.3 Å². The van der Waals surface area contributed by atoms with E-state index < -0.39 is 0 Å². The van der Waals surface area contributed by atoms with E-state index in [1.807, 2.05) is 12.1 Å². The summed E-state index contributed by atoms with van der Waals surface area (Å²) in [6, 6.07) is 6.67. The zero-order chi connectivity index (χ0) is 14.0. The van der Waals surface area contributed by atoms with Gasteiger partial charge in [0.15, 0.2) is 0 Å². The molecule has 2 unspecified atom stereocenters. The summed E-state index contributed by atoms with van der Waals surface area (Å²) < 4.78 is 0. The molecule has 1 heterocycles. The largest absolute Gasteiger partial charge is 0.397 e. The van der Waals surface area contributed by atoms with E-state index in [1.54, 1.807) is 13.1 Å². The van der Waals surface area contributed by atoms with Crippen molar-refractivity contribution in [2.45, 2.75) is 45.2 Å². The maximum atomic E-state index is 11.6. The molecule has 3 N–H and O–H groups in total. The molecule has 0 radical (unpaired) electrons. The first kappa shape index (κ1) is 13.7. The van der Waals surface area contributed by atoms with Gasteiger partial charge >= 0.3 is 0 Å². The van der Waals surface area contributed by atoms with Gasteiger partial charge in [-0.05, 0) is 44.4 Å². The average Bonchev–Trinajstić information content (AvgIpc) is 2.78. The van der Waals surface area contributed by atoms with E-state index in [2.05, 4.69) is 24.1 Å². The number of carbonyl (C=O) groups is 1. The SMILES string of the molecule is CCC1CCC(C)N1c1ccc(C(=O)NC)cc1N. The van der Waals surface area contributed by atoms with Crippen LogP contribution in [0.25, 0.3) is 0 Å². The molecule has 1 saturated heterocycles. The normalized spacial score (nSPS) is 22.6. The van der Waals surface area contributed by atoms with Crippen LogP contribution < -0.4 is 16.0 Å². The van der Waals surface area contributed by atoms with Gasteiger partial charge in [0.2, 0.25) is 0 Å². The summed E-state index contributed by atoms with van der Waals surface area (Å²) >= 11 is 0. The van der Waals surface area contributed by atoms with Crippen LogP contribution >= 0.6 is 0 Å². The summed E-state index contributed by atoms with van der Waals surface area (Å²) in [5.74, 6) is -0.0974. The van der Waals surface area contributed by atoms with Crippen molar-refractivity contribution in [2.24, 2.45) is 0 Å². The van der Waals surface area contributed by atoms with E-state index in [9.17, 15) is 4.79 Å². The van der Waals surface area contributed by atoms with Crippen LogP contribution in [0.15, 0.2) is 18.2 Å². The van der Waals surface area contributed by atoms with Crippen LogP contribution in [0.2, 0.25) is 0 Å². The van der Waals surface area contributed by atoms with Crippen molar-refractivity contribution in [3.63, 3.8) is 0 Å². The lowest BCUT2D eigenvalue weighted by Crippen LogP contribution is -2.34. The summed E-state index contributed by atoms with van der Waals surface area (Å²) in [4.78, 5) is 14.0. The summed E-state index contributed by atoms with van der Waals surface area (Å²) in [6.07, 6.45) is 3.55. The maximum absolute atomic E-state index is 11.6. The number of amides is 1. The van der Waals surface area contributed by atoms with Crippen LogP contribution in [0.4, 0.5) is 11.4 Å². The lowest BCUT2D eigenvalue weighted by molar-refractivity contribution is 0.0963. The van der Waals surface area contributed by atoms with Crippen molar-refractivity contribution in [1.29, 1.82) is 0 Å². The molecule has 19 heavy (non-hydrogen) atoms. The number of hydrogen-bond acceptors (Lipinski definition) is 3. The number of benzene rings is 1. The number of nitrogens with zero attached hydrogens (tertiary/aromatic N) is 1. The number of nitrogens with one attached hydrogen (secondary N) is 1. The number of carbonyl (C=O) groups excluding carboxylic acids is 1. The lowest BCUT2D eigenvalue weighted by Gasteiger charge is -2.31. The van der Waals surface area contributed by atoms with E-state index in [4.69, 9.17) is 5.73 Å². The summed E-state index contributed by atoms with van der Waals surface area (Å²) in [5.41, 5.74) is 8.51. The minimum absolute atomic E-state index is 0.0974. The maximum Gasteiger partial charge on any atom is 0.251 e. The van der Waals surface area contributed by atoms with Gasteiger partial charge < -0.3 is 16.0 Å². The molecule has 1 aliphatic rings. The number of nitrogen functional groups attached to an aromatic ring is 1. The zero-order valence-electron chi connectivity index (χ0n) is 11.9. The molecule has 1 amide bonds. The standard InChI is InChI=1S/C15H23N3O/c1-4-12-7-5-10(2)18(12)14-8-6-11(9-13(14)16)15(19)17-3/h6,8-10,12H,4-5,7,16H2,1-3H3,(H,17,19). The first-order valence-electron chi connectivity index (χ1n) is 6.98. The fourth-order valence-corrected chi connectivity index (χ4v) is 2.98. The summed E-state index contributed by atoms with van der Waals surface area (Å²) in [7, 11) is 1.63. The Kier molecular flexibility index (Phi) is 3.98. The molecule has 1 aromatic rings. The molecule has 0 aliphatic carbocycles. The summed E-state index contributed by atoms with van der Waals surface area (Å²) in [5, 5.41) is 2.62. The molecule has 1 fully saturated rings. The number of hydrogen-bond donors (Lipinski definition) is 2. The second kappa shape index (κ2) is 5.51. The molecule has 4 nitrogen and oxygen atoms in total. The monoisotopic (exact) mass is 261 g/mol. The van der Waals surface area contributed by atoms with Crippen molar-refractivity contribution < 1.29 is 4.79 Å². The van der Waals surface area contributed by atoms with Crippen molar-refractivity contribution in [3.8, 4) is 0 Å². The molecule has 1 aromatic carbocycles. The minimum atomic E-state index is -0.0974. The highest BCUT2D eigenvalue weighted by Crippen LogP contribution is 2.35. The molecule has 4 heteroatoms. The Bertz CT molecular complexity index is 472. The van der Waals surface area contributed by atoms with E-state index in [-0.39, 0.29) is 5.91 Å².